The SMILES string of the molecule is C[C@@H](Sc1nnc(-c2ccncc2)n1Cc1ccccc1)C(=O)N[C@H]1CCCc2ccccc21. The van der Waals surface area contributed by atoms with Crippen molar-refractivity contribution >= 4 is 17.7 Å². The van der Waals surface area contributed by atoms with Crippen LogP contribution >= 0.6 is 11.8 Å². The number of thioether (sulfide) groups is 1. The van der Waals surface area contributed by atoms with Gasteiger partial charge in [0.15, 0.2) is 11.0 Å². The molecule has 1 aliphatic rings. The molecule has 0 unspecified atom stereocenters. The van der Waals surface area contributed by atoms with Gasteiger partial charge in [-0.3, -0.25) is 14.3 Å². The average molecular weight is 470 g/mol. The van der Waals surface area contributed by atoms with Gasteiger partial charge in [-0.1, -0.05) is 66.4 Å². The van der Waals surface area contributed by atoms with Crippen LogP contribution in [-0.2, 0) is 17.8 Å². The van der Waals surface area contributed by atoms with E-state index in [2.05, 4.69) is 55.4 Å². The van der Waals surface area contributed by atoms with Crippen LogP contribution < -0.4 is 5.32 Å². The second-order valence-electron chi connectivity index (χ2n) is 8.53. The second kappa shape index (κ2) is 10.2. The van der Waals surface area contributed by atoms with Crippen LogP contribution in [0.25, 0.3) is 11.4 Å². The fourth-order valence-corrected chi connectivity index (χ4v) is 5.26. The van der Waals surface area contributed by atoms with Crippen molar-refractivity contribution in [3.63, 3.8) is 0 Å². The number of nitrogens with zero attached hydrogens (tertiary/aromatic N) is 4. The van der Waals surface area contributed by atoms with E-state index in [9.17, 15) is 4.79 Å². The molecule has 0 bridgehead atoms. The standard InChI is InChI=1S/C27H27N5OS/c1-19(26(33)29-24-13-7-11-21-10-5-6-12-23(21)24)34-27-31-30-25(22-14-16-28-17-15-22)32(27)18-20-8-3-2-4-9-20/h2-6,8-10,12,14-17,19,24H,7,11,13,18H2,1H3,(H,29,33)/t19-,24+/m1/s1. The summed E-state index contributed by atoms with van der Waals surface area (Å²) in [5.74, 6) is 0.786. The van der Waals surface area contributed by atoms with Crippen molar-refractivity contribution in [2.45, 2.75) is 49.2 Å². The Kier molecular flexibility index (Phi) is 6.72. The number of hydrogen-bond donors (Lipinski definition) is 1. The number of amides is 1. The van der Waals surface area contributed by atoms with Crippen LogP contribution in [0.1, 0.15) is 42.5 Å². The molecule has 6 nitrogen and oxygen atoms in total. The quantitative estimate of drug-likeness (QED) is 0.383. The topological polar surface area (TPSA) is 72.7 Å². The molecule has 1 aliphatic carbocycles. The number of rotatable bonds is 7. The van der Waals surface area contributed by atoms with E-state index in [1.54, 1.807) is 12.4 Å². The Morgan fingerprint density at radius 3 is 2.65 bits per heavy atom. The third kappa shape index (κ3) is 4.89. The predicted molar refractivity (Wildman–Crippen MR) is 134 cm³/mol. The van der Waals surface area contributed by atoms with Gasteiger partial charge < -0.3 is 5.32 Å². The lowest BCUT2D eigenvalue weighted by molar-refractivity contribution is -0.121. The number of aromatic nitrogens is 4. The van der Waals surface area contributed by atoms with Crippen molar-refractivity contribution in [3.05, 3.63) is 95.8 Å². The molecule has 0 saturated heterocycles. The predicted octanol–water partition coefficient (Wildman–Crippen LogP) is 5.06. The van der Waals surface area contributed by atoms with Crippen molar-refractivity contribution in [1.82, 2.24) is 25.1 Å². The van der Waals surface area contributed by atoms with Gasteiger partial charge in [0, 0.05) is 18.0 Å². The molecule has 2 heterocycles. The van der Waals surface area contributed by atoms with Gasteiger partial charge >= 0.3 is 0 Å². The molecule has 0 aliphatic heterocycles. The van der Waals surface area contributed by atoms with Gasteiger partial charge in [0.1, 0.15) is 0 Å². The van der Waals surface area contributed by atoms with Crippen LogP contribution in [-0.4, -0.2) is 30.9 Å². The molecule has 2 atom stereocenters. The maximum Gasteiger partial charge on any atom is 0.233 e. The number of carbonyl (C=O) groups excluding carboxylic acids is 1. The van der Waals surface area contributed by atoms with Gasteiger partial charge in [-0.25, -0.2) is 0 Å². The third-order valence-corrected chi connectivity index (χ3v) is 7.26. The van der Waals surface area contributed by atoms with E-state index in [0.717, 1.165) is 41.4 Å². The third-order valence-electron chi connectivity index (χ3n) is 6.18. The Morgan fingerprint density at radius 2 is 1.82 bits per heavy atom. The van der Waals surface area contributed by atoms with E-state index in [4.69, 9.17) is 0 Å². The highest BCUT2D eigenvalue weighted by molar-refractivity contribution is 8.00. The highest BCUT2D eigenvalue weighted by Crippen LogP contribution is 2.31. The molecule has 2 aromatic heterocycles. The number of fused-ring (bicyclic) bond motifs is 1. The number of nitrogens with one attached hydrogen (secondary N) is 1. The Morgan fingerprint density at radius 1 is 1.06 bits per heavy atom. The number of carbonyl (C=O) groups is 1. The van der Waals surface area contributed by atoms with E-state index >= 15 is 0 Å². The first-order chi connectivity index (χ1) is 16.7. The molecule has 4 aromatic rings. The zero-order valence-corrected chi connectivity index (χ0v) is 19.9. The van der Waals surface area contributed by atoms with Crippen LogP contribution in [0, 0.1) is 0 Å². The lowest BCUT2D eigenvalue weighted by Gasteiger charge is -2.27. The van der Waals surface area contributed by atoms with E-state index in [-0.39, 0.29) is 17.2 Å². The van der Waals surface area contributed by atoms with Crippen molar-refractivity contribution in [3.8, 4) is 11.4 Å². The fraction of sp³-hybridized carbons (Fsp3) is 0.259. The van der Waals surface area contributed by atoms with Crippen LogP contribution in [0.4, 0.5) is 0 Å². The lowest BCUT2D eigenvalue weighted by Crippen LogP contribution is -2.36. The summed E-state index contributed by atoms with van der Waals surface area (Å²) in [6.45, 7) is 2.56. The molecule has 0 saturated carbocycles. The summed E-state index contributed by atoms with van der Waals surface area (Å²) < 4.78 is 2.08. The summed E-state index contributed by atoms with van der Waals surface area (Å²) in [6.07, 6.45) is 6.64. The molecule has 2 aromatic carbocycles. The van der Waals surface area contributed by atoms with E-state index in [0.29, 0.717) is 6.54 Å². The normalized spacial score (nSPS) is 16.0. The van der Waals surface area contributed by atoms with Gasteiger partial charge in [0.05, 0.1) is 17.8 Å². The minimum Gasteiger partial charge on any atom is -0.348 e. The molecule has 172 valence electrons. The van der Waals surface area contributed by atoms with E-state index in [1.807, 2.05) is 43.3 Å². The highest BCUT2D eigenvalue weighted by atomic mass is 32.2. The summed E-state index contributed by atoms with van der Waals surface area (Å²) in [6, 6.07) is 22.6. The van der Waals surface area contributed by atoms with Crippen LogP contribution in [0.2, 0.25) is 0 Å². The molecule has 7 heteroatoms. The maximum atomic E-state index is 13.2. The number of hydrogen-bond acceptors (Lipinski definition) is 5. The molecule has 0 spiro atoms. The molecule has 34 heavy (non-hydrogen) atoms. The molecule has 1 N–H and O–H groups in total. The average Bonchev–Trinajstić information content (AvgIpc) is 3.27. The second-order valence-corrected chi connectivity index (χ2v) is 9.83. The molecule has 1 amide bonds. The van der Waals surface area contributed by atoms with Crippen molar-refractivity contribution in [2.75, 3.05) is 0 Å². The Hall–Kier alpha value is -3.45. The number of benzene rings is 2. The maximum absolute atomic E-state index is 13.2. The van der Waals surface area contributed by atoms with Gasteiger partial charge in [-0.05, 0) is 55.0 Å². The number of aryl methyl sites for hydroxylation is 1. The first-order valence-corrected chi connectivity index (χ1v) is 12.5. The minimum atomic E-state index is -0.307. The van der Waals surface area contributed by atoms with Gasteiger partial charge in [-0.15, -0.1) is 10.2 Å². The summed E-state index contributed by atoms with van der Waals surface area (Å²) in [5, 5.41) is 12.6. The van der Waals surface area contributed by atoms with Gasteiger partial charge in [0.2, 0.25) is 5.91 Å². The Bertz CT molecular complexity index is 1260. The molecular formula is C27H27N5OS. The first-order valence-electron chi connectivity index (χ1n) is 11.6. The summed E-state index contributed by atoms with van der Waals surface area (Å²) in [7, 11) is 0. The highest BCUT2D eigenvalue weighted by Gasteiger charge is 2.26. The minimum absolute atomic E-state index is 0.0198. The molecule has 0 fully saturated rings. The van der Waals surface area contributed by atoms with Crippen molar-refractivity contribution in [1.29, 1.82) is 0 Å². The molecular weight excluding hydrogens is 442 g/mol. The summed E-state index contributed by atoms with van der Waals surface area (Å²) in [4.78, 5) is 17.3. The Labute approximate surface area is 203 Å². The molecule has 0 radical (unpaired) electrons. The zero-order valence-electron chi connectivity index (χ0n) is 19.1. The van der Waals surface area contributed by atoms with Gasteiger partial charge in [0.25, 0.3) is 0 Å². The lowest BCUT2D eigenvalue weighted by atomic mass is 9.88. The number of pyridine rings is 1. The van der Waals surface area contributed by atoms with Crippen molar-refractivity contribution < 1.29 is 4.79 Å². The molecule has 5 rings (SSSR count). The largest absolute Gasteiger partial charge is 0.348 e. The monoisotopic (exact) mass is 469 g/mol. The van der Waals surface area contributed by atoms with Gasteiger partial charge in [-0.2, -0.15) is 0 Å². The van der Waals surface area contributed by atoms with Crippen molar-refractivity contribution in [2.24, 2.45) is 0 Å². The van der Waals surface area contributed by atoms with E-state index < -0.39 is 0 Å². The Balaban J connectivity index is 1.36. The fourth-order valence-electron chi connectivity index (χ4n) is 4.40. The first kappa shape index (κ1) is 22.3. The summed E-state index contributed by atoms with van der Waals surface area (Å²) in [5.41, 5.74) is 4.67. The van der Waals surface area contributed by atoms with Crippen LogP contribution in [0.5, 0.6) is 0 Å². The summed E-state index contributed by atoms with van der Waals surface area (Å²) >= 11 is 1.44. The smallest absolute Gasteiger partial charge is 0.233 e. The van der Waals surface area contributed by atoms with E-state index in [1.165, 1.54) is 22.9 Å². The van der Waals surface area contributed by atoms with Crippen LogP contribution in [0.3, 0.4) is 0 Å². The van der Waals surface area contributed by atoms with Crippen LogP contribution in [0.15, 0.2) is 84.3 Å². The zero-order chi connectivity index (χ0) is 23.3.